The van der Waals surface area contributed by atoms with Gasteiger partial charge in [-0.25, -0.2) is 8.51 Å². The molecule has 0 heterocycles. The normalized spacial score (nSPS) is 16.8. The maximum absolute atomic E-state index is 11.1. The molecule has 0 bridgehead atoms. The van der Waals surface area contributed by atoms with Crippen LogP contribution in [0.1, 0.15) is 0 Å². The van der Waals surface area contributed by atoms with Gasteiger partial charge in [-0.15, -0.1) is 0 Å². The van der Waals surface area contributed by atoms with Crippen molar-refractivity contribution in [2.45, 2.75) is 0 Å². The van der Waals surface area contributed by atoms with Crippen molar-refractivity contribution in [1.29, 1.82) is 0 Å². The topological polar surface area (TPSA) is 32.3 Å². The summed E-state index contributed by atoms with van der Waals surface area (Å²) in [7, 11) is 1.09. The van der Waals surface area contributed by atoms with Gasteiger partial charge in [0.25, 0.3) is 0 Å². The summed E-state index contributed by atoms with van der Waals surface area (Å²) in [4.78, 5) is 0. The lowest BCUT2D eigenvalue weighted by atomic mass is 11.1. The van der Waals surface area contributed by atoms with Crippen LogP contribution in [0.5, 0.6) is 0 Å². The molecule has 0 rings (SSSR count). The van der Waals surface area contributed by atoms with E-state index >= 15 is 0 Å². The molecule has 0 aliphatic rings. The second-order valence-corrected chi connectivity index (χ2v) is 4.02. The van der Waals surface area contributed by atoms with Crippen LogP contribution in [0, 0.1) is 0 Å². The van der Waals surface area contributed by atoms with Crippen LogP contribution in [0.4, 0.5) is 0 Å². The van der Waals surface area contributed by atoms with E-state index in [1.54, 1.807) is 14.1 Å². The molecule has 0 aliphatic carbocycles. The van der Waals surface area contributed by atoms with Crippen molar-refractivity contribution in [3.05, 3.63) is 12.8 Å². The van der Waals surface area contributed by atoms with Gasteiger partial charge < -0.3 is 4.72 Å². The Bertz CT molecular complexity index is 181. The summed E-state index contributed by atoms with van der Waals surface area (Å²) in [6, 6.07) is 0. The van der Waals surface area contributed by atoms with E-state index in [-0.39, 0.29) is 0 Å². The average Bonchev–Trinajstić information content (AvgIpc) is 1.65. The van der Waals surface area contributed by atoms with E-state index in [9.17, 15) is 4.21 Å². The monoisotopic (exact) mass is 148 g/mol. The Balaban J connectivity index is 4.22. The van der Waals surface area contributed by atoms with Crippen LogP contribution < -0.4 is 4.72 Å². The smallest absolute Gasteiger partial charge is 0.108 e. The predicted octanol–water partition coefficient (Wildman–Crippen LogP) is -0.173. The minimum absolute atomic E-state index is 1.37. The zero-order chi connectivity index (χ0) is 7.49. The Morgan fingerprint density at radius 1 is 1.67 bits per heavy atom. The maximum Gasteiger partial charge on any atom is 0.108 e. The standard InChI is InChI=1S/C5H12N2OS/c1-5-6-9(4,8)7(2)3/h5H,1,4H2,2-3H3,(H,6,8). The van der Waals surface area contributed by atoms with Crippen molar-refractivity contribution in [2.75, 3.05) is 14.1 Å². The molecule has 0 amide bonds. The highest BCUT2D eigenvalue weighted by molar-refractivity contribution is 7.96. The van der Waals surface area contributed by atoms with Gasteiger partial charge in [0.2, 0.25) is 0 Å². The maximum atomic E-state index is 11.1. The Hall–Kier alpha value is -0.480. The van der Waals surface area contributed by atoms with E-state index < -0.39 is 9.89 Å². The first-order valence-electron chi connectivity index (χ1n) is 2.43. The van der Waals surface area contributed by atoms with Gasteiger partial charge in [-0.05, 0) is 5.87 Å². The molecule has 0 saturated heterocycles. The zero-order valence-corrected chi connectivity index (χ0v) is 6.57. The van der Waals surface area contributed by atoms with E-state index in [0.717, 1.165) is 0 Å². The fourth-order valence-corrected chi connectivity index (χ4v) is 0.707. The van der Waals surface area contributed by atoms with Gasteiger partial charge in [-0.1, -0.05) is 6.58 Å². The summed E-state index contributed by atoms with van der Waals surface area (Å²) >= 11 is 0. The van der Waals surface area contributed by atoms with Gasteiger partial charge in [-0.2, -0.15) is 0 Å². The highest BCUT2D eigenvalue weighted by Crippen LogP contribution is 1.85. The van der Waals surface area contributed by atoms with Crippen molar-refractivity contribution < 1.29 is 4.21 Å². The molecular formula is C5H12N2OS. The fourth-order valence-electron chi connectivity index (χ4n) is 0.236. The van der Waals surface area contributed by atoms with Crippen LogP contribution in [0.2, 0.25) is 0 Å². The second kappa shape index (κ2) is 2.89. The molecule has 0 aromatic heterocycles. The summed E-state index contributed by atoms with van der Waals surface area (Å²) in [5.41, 5.74) is 0. The molecule has 4 heteroatoms. The third kappa shape index (κ3) is 2.53. The van der Waals surface area contributed by atoms with Crippen LogP contribution in [0.25, 0.3) is 0 Å². The Morgan fingerprint density at radius 2 is 2.11 bits per heavy atom. The van der Waals surface area contributed by atoms with E-state index in [1.165, 1.54) is 10.5 Å². The second-order valence-electron chi connectivity index (χ2n) is 1.77. The fraction of sp³-hybridized carbons (Fsp3) is 0.400. The Morgan fingerprint density at radius 3 is 2.22 bits per heavy atom. The lowest BCUT2D eigenvalue weighted by molar-refractivity contribution is 0.594. The van der Waals surface area contributed by atoms with Crippen LogP contribution >= 0.6 is 0 Å². The first-order valence-corrected chi connectivity index (χ1v) is 4.12. The number of hydrogen-bond donors (Lipinski definition) is 1. The molecule has 0 aromatic carbocycles. The predicted molar refractivity (Wildman–Crippen MR) is 42.3 cm³/mol. The van der Waals surface area contributed by atoms with E-state index in [4.69, 9.17) is 0 Å². The van der Waals surface area contributed by atoms with Crippen LogP contribution in [-0.2, 0) is 9.89 Å². The molecule has 0 spiro atoms. The number of hydrogen-bond acceptors (Lipinski definition) is 1. The highest BCUT2D eigenvalue weighted by atomic mass is 32.2. The molecule has 54 valence electrons. The summed E-state index contributed by atoms with van der Waals surface area (Å²) in [5, 5.41) is 0. The number of nitrogens with zero attached hydrogens (tertiary/aromatic N) is 1. The summed E-state index contributed by atoms with van der Waals surface area (Å²) in [6.07, 6.45) is 1.37. The lowest BCUT2D eigenvalue weighted by Gasteiger charge is -2.15. The molecule has 1 N–H and O–H groups in total. The Labute approximate surface area is 56.6 Å². The minimum atomic E-state index is -2.28. The first kappa shape index (κ1) is 8.52. The van der Waals surface area contributed by atoms with Crippen molar-refractivity contribution >= 4 is 15.8 Å². The lowest BCUT2D eigenvalue weighted by Crippen LogP contribution is -2.31. The van der Waals surface area contributed by atoms with Crippen molar-refractivity contribution in [1.82, 2.24) is 9.03 Å². The quantitative estimate of drug-likeness (QED) is 0.554. The molecule has 9 heavy (non-hydrogen) atoms. The molecule has 1 unspecified atom stereocenters. The van der Waals surface area contributed by atoms with Gasteiger partial charge in [0.15, 0.2) is 0 Å². The van der Waals surface area contributed by atoms with Crippen LogP contribution in [0.15, 0.2) is 12.8 Å². The molecule has 0 aliphatic heterocycles. The summed E-state index contributed by atoms with van der Waals surface area (Å²) in [5.74, 6) is 3.43. The number of rotatable bonds is 3. The van der Waals surface area contributed by atoms with Gasteiger partial charge in [0.05, 0.1) is 0 Å². The molecular weight excluding hydrogens is 136 g/mol. The molecule has 0 aromatic rings. The van der Waals surface area contributed by atoms with Crippen LogP contribution in [-0.4, -0.2) is 28.5 Å². The van der Waals surface area contributed by atoms with E-state index in [1.807, 2.05) is 0 Å². The van der Waals surface area contributed by atoms with Crippen molar-refractivity contribution in [3.63, 3.8) is 0 Å². The highest BCUT2D eigenvalue weighted by Gasteiger charge is 1.99. The average molecular weight is 148 g/mol. The summed E-state index contributed by atoms with van der Waals surface area (Å²) < 4.78 is 15.2. The van der Waals surface area contributed by atoms with Crippen molar-refractivity contribution in [2.24, 2.45) is 0 Å². The largest absolute Gasteiger partial charge is 0.309 e. The summed E-state index contributed by atoms with van der Waals surface area (Å²) in [6.45, 7) is 3.37. The molecule has 1 atom stereocenters. The van der Waals surface area contributed by atoms with Crippen molar-refractivity contribution in [3.8, 4) is 0 Å². The Kier molecular flexibility index (Phi) is 2.73. The zero-order valence-electron chi connectivity index (χ0n) is 5.76. The first-order chi connectivity index (χ1) is 4.00. The molecule has 0 saturated carbocycles. The van der Waals surface area contributed by atoms with Gasteiger partial charge >= 0.3 is 0 Å². The van der Waals surface area contributed by atoms with Gasteiger partial charge in [-0.3, -0.25) is 0 Å². The van der Waals surface area contributed by atoms with E-state index in [0.29, 0.717) is 0 Å². The van der Waals surface area contributed by atoms with Gasteiger partial charge in [0.1, 0.15) is 9.89 Å². The van der Waals surface area contributed by atoms with Gasteiger partial charge in [0, 0.05) is 20.3 Å². The molecule has 0 fully saturated rings. The van der Waals surface area contributed by atoms with E-state index in [2.05, 4.69) is 17.2 Å². The number of nitrogens with one attached hydrogen (secondary N) is 1. The minimum Gasteiger partial charge on any atom is -0.309 e. The van der Waals surface area contributed by atoms with Crippen LogP contribution in [0.3, 0.4) is 0 Å². The third-order valence-electron chi connectivity index (χ3n) is 0.857. The molecule has 3 nitrogen and oxygen atoms in total. The SMILES string of the molecule is C=CNS(=C)(=O)N(C)C. The third-order valence-corrected chi connectivity index (χ3v) is 2.57. The molecule has 0 radical (unpaired) electrons.